The van der Waals surface area contributed by atoms with E-state index < -0.39 is 33.6 Å². The third kappa shape index (κ3) is 8.47. The molecule has 58 heavy (non-hydrogen) atoms. The second-order valence-corrected chi connectivity index (χ2v) is 17.7. The van der Waals surface area contributed by atoms with E-state index in [0.29, 0.717) is 68.2 Å². The number of carbonyl (C=O) groups is 2. The monoisotopic (exact) mass is 826 g/mol. The summed E-state index contributed by atoms with van der Waals surface area (Å²) in [6.07, 6.45) is 1.73. The molecule has 4 fully saturated rings. The van der Waals surface area contributed by atoms with Gasteiger partial charge in [0.25, 0.3) is 0 Å². The maximum atomic E-state index is 15.0. The fourth-order valence-corrected chi connectivity index (χ4v) is 10.2. The van der Waals surface area contributed by atoms with Crippen LogP contribution in [0.1, 0.15) is 62.0 Å². The predicted octanol–water partition coefficient (Wildman–Crippen LogP) is 5.33. The minimum absolute atomic E-state index is 0.0389. The van der Waals surface area contributed by atoms with Gasteiger partial charge in [-0.1, -0.05) is 6.07 Å². The van der Waals surface area contributed by atoms with Crippen LogP contribution in [0.2, 0.25) is 0 Å². The number of sulfonamides is 1. The van der Waals surface area contributed by atoms with Crippen LogP contribution in [-0.4, -0.2) is 108 Å². The predicted molar refractivity (Wildman–Crippen MR) is 208 cm³/mol. The fourth-order valence-electron chi connectivity index (χ4n) is 8.66. The number of hydrogen-bond donors (Lipinski definition) is 2. The number of urea groups is 1. The van der Waals surface area contributed by atoms with Crippen LogP contribution in [0, 0.1) is 11.7 Å². The summed E-state index contributed by atoms with van der Waals surface area (Å²) >= 11 is 0. The summed E-state index contributed by atoms with van der Waals surface area (Å²) < 4.78 is 84.0. The highest BCUT2D eigenvalue weighted by Gasteiger charge is 2.34. The second kappa shape index (κ2) is 16.1. The Morgan fingerprint density at radius 1 is 0.879 bits per heavy atom. The minimum Gasteiger partial charge on any atom is -0.371 e. The standard InChI is InChI=1S/C39H46F4N10O4S/c1-49-34-18-27(2-3-33(34)36(48-49)53-17-10-35(54)47-38(53)55)26-6-11-50(12-7-26)24-25-4-13-51(14-5-25)31-19-29(40)20-32(21-31)58(56,57)52-15-8-30(9-16-52)46-37-44-22-28(23-45-37)39(41,42)43/h2-3,18-23,25-26,30H,4-17,24H2,1H3,(H,44,45,46)(H,47,54,55). The summed E-state index contributed by atoms with van der Waals surface area (Å²) in [7, 11) is -2.13. The lowest BCUT2D eigenvalue weighted by atomic mass is 9.88. The molecule has 2 N–H and O–H groups in total. The fraction of sp³-hybridized carbons (Fsp3) is 0.513. The Balaban J connectivity index is 0.813. The molecule has 0 spiro atoms. The van der Waals surface area contributed by atoms with Gasteiger partial charge in [-0.25, -0.2) is 27.6 Å². The molecule has 0 radical (unpaired) electrons. The van der Waals surface area contributed by atoms with Crippen molar-refractivity contribution in [3.63, 3.8) is 0 Å². The van der Waals surface area contributed by atoms with Gasteiger partial charge in [0.15, 0.2) is 5.82 Å². The molecular weight excluding hydrogens is 781 g/mol. The van der Waals surface area contributed by atoms with E-state index in [0.717, 1.165) is 62.3 Å². The molecule has 4 aromatic rings. The second-order valence-electron chi connectivity index (χ2n) is 15.7. The third-order valence-electron chi connectivity index (χ3n) is 12.0. The molecule has 4 aliphatic rings. The SMILES string of the molecule is Cn1nc(N2CCC(=O)NC2=O)c2ccc(C3CCN(CC4CCN(c5cc(F)cc(S(=O)(=O)N6CCC(Nc7ncc(C(F)(F)F)cn7)CC6)c5)CC4)CC3)cc21. The Labute approximate surface area is 333 Å². The van der Waals surface area contributed by atoms with E-state index >= 15 is 0 Å². The molecule has 14 nitrogen and oxygen atoms in total. The number of fused-ring (bicyclic) bond motifs is 1. The number of benzene rings is 2. The average molecular weight is 827 g/mol. The molecular formula is C39H46F4N10O4S. The van der Waals surface area contributed by atoms with Gasteiger partial charge in [0.1, 0.15) is 5.82 Å². The number of rotatable bonds is 9. The van der Waals surface area contributed by atoms with Crippen molar-refractivity contribution in [3.8, 4) is 0 Å². The van der Waals surface area contributed by atoms with Gasteiger partial charge in [-0.2, -0.15) is 22.6 Å². The first-order chi connectivity index (χ1) is 27.7. The van der Waals surface area contributed by atoms with Crippen LogP contribution in [0.3, 0.4) is 0 Å². The first kappa shape index (κ1) is 39.9. The molecule has 4 saturated heterocycles. The van der Waals surface area contributed by atoms with Gasteiger partial charge >= 0.3 is 12.2 Å². The van der Waals surface area contributed by atoms with E-state index in [1.165, 1.54) is 20.8 Å². The zero-order chi connectivity index (χ0) is 40.8. The summed E-state index contributed by atoms with van der Waals surface area (Å²) in [4.78, 5) is 37.6. The van der Waals surface area contributed by atoms with Crippen molar-refractivity contribution in [1.82, 2.24) is 34.3 Å². The highest BCUT2D eigenvalue weighted by Crippen LogP contribution is 2.35. The average Bonchev–Trinajstić information content (AvgIpc) is 3.53. The first-order valence-corrected chi connectivity index (χ1v) is 21.2. The number of aryl methyl sites for hydroxylation is 1. The topological polar surface area (TPSA) is 149 Å². The number of amides is 3. The smallest absolute Gasteiger partial charge is 0.371 e. The number of anilines is 3. The lowest BCUT2D eigenvalue weighted by Gasteiger charge is -2.38. The summed E-state index contributed by atoms with van der Waals surface area (Å²) in [5.41, 5.74) is 1.78. The zero-order valence-electron chi connectivity index (χ0n) is 32.1. The Bertz CT molecular complexity index is 2270. The van der Waals surface area contributed by atoms with Crippen molar-refractivity contribution >= 4 is 50.3 Å². The molecule has 0 unspecified atom stereocenters. The van der Waals surface area contributed by atoms with Crippen LogP contribution in [0.15, 0.2) is 53.7 Å². The molecule has 19 heteroatoms. The highest BCUT2D eigenvalue weighted by atomic mass is 32.2. The Kier molecular flexibility index (Phi) is 11.0. The number of imide groups is 1. The van der Waals surface area contributed by atoms with E-state index in [4.69, 9.17) is 0 Å². The Morgan fingerprint density at radius 2 is 1.59 bits per heavy atom. The van der Waals surface area contributed by atoms with Crippen LogP contribution in [0.4, 0.5) is 39.8 Å². The number of halogens is 4. The van der Waals surface area contributed by atoms with E-state index in [1.54, 1.807) is 10.7 Å². The maximum Gasteiger partial charge on any atom is 0.419 e. The van der Waals surface area contributed by atoms with E-state index in [1.807, 2.05) is 13.1 Å². The summed E-state index contributed by atoms with van der Waals surface area (Å²) in [6.45, 7) is 4.91. The number of alkyl halides is 3. The number of aromatic nitrogens is 4. The van der Waals surface area contributed by atoms with Crippen molar-refractivity contribution in [3.05, 3.63) is 65.7 Å². The number of hydrogen-bond acceptors (Lipinski definition) is 10. The molecule has 2 aromatic heterocycles. The van der Waals surface area contributed by atoms with Gasteiger partial charge in [0.05, 0.1) is 16.0 Å². The molecule has 3 amide bonds. The number of piperidine rings is 3. The molecule has 2 aromatic carbocycles. The highest BCUT2D eigenvalue weighted by molar-refractivity contribution is 7.89. The lowest BCUT2D eigenvalue weighted by molar-refractivity contribution is -0.138. The molecule has 0 bridgehead atoms. The molecule has 6 heterocycles. The molecule has 0 saturated carbocycles. The minimum atomic E-state index is -4.54. The Morgan fingerprint density at radius 3 is 2.26 bits per heavy atom. The first-order valence-electron chi connectivity index (χ1n) is 19.7. The van der Waals surface area contributed by atoms with E-state index in [2.05, 4.69) is 47.6 Å². The molecule has 310 valence electrons. The number of nitrogens with zero attached hydrogens (tertiary/aromatic N) is 8. The van der Waals surface area contributed by atoms with E-state index in [-0.39, 0.29) is 42.3 Å². The number of nitrogens with one attached hydrogen (secondary N) is 2. The van der Waals surface area contributed by atoms with Crippen LogP contribution in [-0.2, 0) is 28.0 Å². The van der Waals surface area contributed by atoms with Crippen molar-refractivity contribution in [2.45, 2.75) is 68.0 Å². The van der Waals surface area contributed by atoms with Gasteiger partial charge in [-0.15, -0.1) is 0 Å². The zero-order valence-corrected chi connectivity index (χ0v) is 32.9. The Hall–Kier alpha value is -4.88. The molecule has 4 aliphatic heterocycles. The van der Waals surface area contributed by atoms with Gasteiger partial charge in [0.2, 0.25) is 21.9 Å². The van der Waals surface area contributed by atoms with Gasteiger partial charge in [0, 0.05) is 82.2 Å². The van der Waals surface area contributed by atoms with Gasteiger partial charge in [-0.05, 0) is 99.3 Å². The van der Waals surface area contributed by atoms with Crippen molar-refractivity contribution < 1.29 is 35.6 Å². The van der Waals surface area contributed by atoms with E-state index in [9.17, 15) is 35.6 Å². The van der Waals surface area contributed by atoms with Crippen LogP contribution >= 0.6 is 0 Å². The van der Waals surface area contributed by atoms with Gasteiger partial charge in [-0.3, -0.25) is 19.7 Å². The van der Waals surface area contributed by atoms with Crippen LogP contribution < -0.4 is 20.4 Å². The van der Waals surface area contributed by atoms with Crippen LogP contribution in [0.25, 0.3) is 10.9 Å². The lowest BCUT2D eigenvalue weighted by Crippen LogP contribution is -2.49. The number of carbonyl (C=O) groups excluding carboxylic acids is 2. The van der Waals surface area contributed by atoms with Crippen molar-refractivity contribution in [2.24, 2.45) is 13.0 Å². The van der Waals surface area contributed by atoms with Crippen molar-refractivity contribution in [2.75, 3.05) is 67.5 Å². The third-order valence-corrected chi connectivity index (χ3v) is 13.9. The summed E-state index contributed by atoms with van der Waals surface area (Å²) in [5, 5.41) is 10.9. The summed E-state index contributed by atoms with van der Waals surface area (Å²) in [6, 6.07) is 9.65. The molecule has 0 aliphatic carbocycles. The molecule has 0 atom stereocenters. The normalized spacial score (nSPS) is 20.2. The number of likely N-dealkylation sites (tertiary alicyclic amines) is 1. The largest absolute Gasteiger partial charge is 0.419 e. The van der Waals surface area contributed by atoms with Crippen molar-refractivity contribution in [1.29, 1.82) is 0 Å². The van der Waals surface area contributed by atoms with Crippen LogP contribution in [0.5, 0.6) is 0 Å². The summed E-state index contributed by atoms with van der Waals surface area (Å²) in [5.74, 6) is 0.570. The molecule has 8 rings (SSSR count). The maximum absolute atomic E-state index is 15.0. The van der Waals surface area contributed by atoms with Gasteiger partial charge < -0.3 is 15.1 Å². The quantitative estimate of drug-likeness (QED) is 0.212.